The van der Waals surface area contributed by atoms with Crippen LogP contribution in [-0.4, -0.2) is 46.3 Å². The fourth-order valence-electron chi connectivity index (χ4n) is 3.61. The van der Waals surface area contributed by atoms with Gasteiger partial charge in [0.05, 0.1) is 28.4 Å². The molecule has 2 aliphatic rings. The van der Waals surface area contributed by atoms with E-state index in [1.807, 2.05) is 0 Å². The van der Waals surface area contributed by atoms with Crippen LogP contribution in [0.1, 0.15) is 28.8 Å². The van der Waals surface area contributed by atoms with Crippen molar-refractivity contribution in [3.63, 3.8) is 0 Å². The van der Waals surface area contributed by atoms with E-state index >= 15 is 0 Å². The fraction of sp³-hybridized carbons (Fsp3) is 0.562. The first kappa shape index (κ1) is 17.5. The molecule has 0 radical (unpaired) electrons. The molecule has 4 nitrogen and oxygen atoms in total. The number of fused-ring (bicyclic) bond motifs is 1. The number of hydrogen-bond acceptors (Lipinski definition) is 3. The van der Waals surface area contributed by atoms with Crippen molar-refractivity contribution >= 4 is 17.5 Å². The van der Waals surface area contributed by atoms with Crippen molar-refractivity contribution in [2.75, 3.05) is 13.1 Å². The molecule has 0 unspecified atom stereocenters. The summed E-state index contributed by atoms with van der Waals surface area (Å²) in [6, 6.07) is 2.69. The number of alkyl halides is 3. The predicted octanol–water partition coefficient (Wildman–Crippen LogP) is 2.56. The second-order valence-corrected chi connectivity index (χ2v) is 6.94. The third-order valence-electron chi connectivity index (χ3n) is 4.92. The van der Waals surface area contributed by atoms with Crippen LogP contribution >= 0.6 is 11.6 Å². The minimum Gasteiger partial charge on any atom is -0.390 e. The summed E-state index contributed by atoms with van der Waals surface area (Å²) in [6.07, 6.45) is -5.43. The molecule has 4 atom stereocenters. The van der Waals surface area contributed by atoms with Crippen molar-refractivity contribution in [1.29, 1.82) is 0 Å². The zero-order chi connectivity index (χ0) is 17.6. The largest absolute Gasteiger partial charge is 0.416 e. The number of amides is 1. The Labute approximate surface area is 141 Å². The SMILES string of the molecule is O=C(c1cc(C(F)(F)F)ccc1Cl)N1C[C@H]2C[C@H](O)[C@@H](O)C[C@H]2C1. The Morgan fingerprint density at radius 1 is 1.12 bits per heavy atom. The molecule has 3 rings (SSSR count). The third kappa shape index (κ3) is 3.25. The highest BCUT2D eigenvalue weighted by Crippen LogP contribution is 2.38. The standard InChI is InChI=1S/C16H17ClF3NO3/c17-12-2-1-10(16(18,19)20)5-11(12)15(24)21-6-8-3-13(22)14(23)4-9(8)7-21/h1-2,5,8-9,13-14,22-23H,3-4,6-7H2/t8-,9+,13-,14-/m0/s1. The van der Waals surface area contributed by atoms with E-state index in [0.717, 1.165) is 18.2 Å². The van der Waals surface area contributed by atoms with E-state index in [2.05, 4.69) is 0 Å². The fourth-order valence-corrected chi connectivity index (χ4v) is 3.81. The summed E-state index contributed by atoms with van der Waals surface area (Å²) >= 11 is 5.92. The molecule has 1 saturated heterocycles. The Morgan fingerprint density at radius 2 is 1.67 bits per heavy atom. The molecule has 1 aromatic rings. The molecule has 1 aliphatic carbocycles. The van der Waals surface area contributed by atoms with Crippen LogP contribution in [0.15, 0.2) is 18.2 Å². The summed E-state index contributed by atoms with van der Waals surface area (Å²) in [4.78, 5) is 14.1. The molecule has 24 heavy (non-hydrogen) atoms. The number of carbonyl (C=O) groups is 1. The summed E-state index contributed by atoms with van der Waals surface area (Å²) in [5.41, 5.74) is -1.09. The first-order valence-corrected chi connectivity index (χ1v) is 8.06. The van der Waals surface area contributed by atoms with E-state index in [0.29, 0.717) is 25.9 Å². The van der Waals surface area contributed by atoms with Crippen LogP contribution in [-0.2, 0) is 6.18 Å². The van der Waals surface area contributed by atoms with Gasteiger partial charge in [0.25, 0.3) is 5.91 Å². The smallest absolute Gasteiger partial charge is 0.390 e. The van der Waals surface area contributed by atoms with E-state index in [9.17, 15) is 28.2 Å². The van der Waals surface area contributed by atoms with Gasteiger partial charge >= 0.3 is 6.18 Å². The van der Waals surface area contributed by atoms with Crippen LogP contribution in [0, 0.1) is 11.8 Å². The van der Waals surface area contributed by atoms with Gasteiger partial charge in [0.15, 0.2) is 0 Å². The van der Waals surface area contributed by atoms with Crippen molar-refractivity contribution in [2.24, 2.45) is 11.8 Å². The number of nitrogens with zero attached hydrogens (tertiary/aromatic N) is 1. The number of carbonyl (C=O) groups excluding carboxylic acids is 1. The second kappa shape index (κ2) is 6.20. The zero-order valence-corrected chi connectivity index (χ0v) is 13.4. The molecule has 8 heteroatoms. The summed E-state index contributed by atoms with van der Waals surface area (Å²) in [5, 5.41) is 19.4. The van der Waals surface area contributed by atoms with Gasteiger partial charge in [0.1, 0.15) is 0 Å². The molecule has 132 valence electrons. The monoisotopic (exact) mass is 363 g/mol. The molecule has 2 fully saturated rings. The Balaban J connectivity index is 1.81. The number of aliphatic hydroxyl groups is 2. The zero-order valence-electron chi connectivity index (χ0n) is 12.6. The van der Waals surface area contributed by atoms with Crippen LogP contribution in [0.2, 0.25) is 5.02 Å². The molecule has 1 amide bonds. The molecule has 1 saturated carbocycles. The first-order chi connectivity index (χ1) is 11.2. The lowest BCUT2D eigenvalue weighted by Gasteiger charge is -2.31. The van der Waals surface area contributed by atoms with Gasteiger partial charge in [-0.3, -0.25) is 4.79 Å². The van der Waals surface area contributed by atoms with Crippen LogP contribution in [0.5, 0.6) is 0 Å². The normalized spacial score (nSPS) is 30.3. The van der Waals surface area contributed by atoms with E-state index in [1.54, 1.807) is 0 Å². The van der Waals surface area contributed by atoms with Crippen molar-refractivity contribution < 1.29 is 28.2 Å². The Hall–Kier alpha value is -1.31. The number of hydrogen-bond donors (Lipinski definition) is 2. The van der Waals surface area contributed by atoms with Gasteiger partial charge in [-0.05, 0) is 42.9 Å². The summed E-state index contributed by atoms with van der Waals surface area (Å²) < 4.78 is 38.5. The highest BCUT2D eigenvalue weighted by atomic mass is 35.5. The molecule has 0 bridgehead atoms. The third-order valence-corrected chi connectivity index (χ3v) is 5.25. The molecule has 1 aromatic carbocycles. The lowest BCUT2D eigenvalue weighted by atomic mass is 9.79. The Morgan fingerprint density at radius 3 is 2.17 bits per heavy atom. The molecule has 1 aliphatic heterocycles. The van der Waals surface area contributed by atoms with Crippen LogP contribution in [0.3, 0.4) is 0 Å². The van der Waals surface area contributed by atoms with Gasteiger partial charge in [-0.25, -0.2) is 0 Å². The van der Waals surface area contributed by atoms with Crippen LogP contribution in [0.25, 0.3) is 0 Å². The second-order valence-electron chi connectivity index (χ2n) is 6.53. The number of aliphatic hydroxyl groups excluding tert-OH is 2. The maximum atomic E-state index is 12.8. The predicted molar refractivity (Wildman–Crippen MR) is 80.6 cm³/mol. The topological polar surface area (TPSA) is 60.8 Å². The summed E-state index contributed by atoms with van der Waals surface area (Å²) in [7, 11) is 0. The molecular weight excluding hydrogens is 347 g/mol. The van der Waals surface area contributed by atoms with Gasteiger partial charge in [0, 0.05) is 13.1 Å². The Bertz CT molecular complexity index is 634. The van der Waals surface area contributed by atoms with Gasteiger partial charge in [-0.1, -0.05) is 11.6 Å². The quantitative estimate of drug-likeness (QED) is 0.806. The summed E-state index contributed by atoms with van der Waals surface area (Å²) in [5.74, 6) is -0.474. The van der Waals surface area contributed by atoms with E-state index in [1.165, 1.54) is 4.90 Å². The minimum absolute atomic E-state index is 0.0251. The van der Waals surface area contributed by atoms with Gasteiger partial charge in [0.2, 0.25) is 0 Å². The minimum atomic E-state index is -4.55. The highest BCUT2D eigenvalue weighted by molar-refractivity contribution is 6.33. The molecule has 0 spiro atoms. The van der Waals surface area contributed by atoms with Gasteiger partial charge in [-0.15, -0.1) is 0 Å². The average Bonchev–Trinajstić information content (AvgIpc) is 2.89. The maximum Gasteiger partial charge on any atom is 0.416 e. The molecule has 2 N–H and O–H groups in total. The van der Waals surface area contributed by atoms with E-state index < -0.39 is 29.9 Å². The number of likely N-dealkylation sites (tertiary alicyclic amines) is 1. The van der Waals surface area contributed by atoms with Crippen molar-refractivity contribution in [3.8, 4) is 0 Å². The van der Waals surface area contributed by atoms with E-state index in [-0.39, 0.29) is 22.4 Å². The number of halogens is 4. The van der Waals surface area contributed by atoms with Crippen LogP contribution in [0.4, 0.5) is 13.2 Å². The number of rotatable bonds is 1. The lowest BCUT2D eigenvalue weighted by molar-refractivity contribution is -0.137. The maximum absolute atomic E-state index is 12.8. The molecular formula is C16H17ClF3NO3. The van der Waals surface area contributed by atoms with Crippen molar-refractivity contribution in [2.45, 2.75) is 31.2 Å². The van der Waals surface area contributed by atoms with Gasteiger partial charge < -0.3 is 15.1 Å². The van der Waals surface area contributed by atoms with E-state index in [4.69, 9.17) is 11.6 Å². The van der Waals surface area contributed by atoms with Gasteiger partial charge in [-0.2, -0.15) is 13.2 Å². The van der Waals surface area contributed by atoms with Crippen molar-refractivity contribution in [1.82, 2.24) is 4.90 Å². The Kier molecular flexibility index (Phi) is 4.53. The first-order valence-electron chi connectivity index (χ1n) is 7.69. The van der Waals surface area contributed by atoms with Crippen molar-refractivity contribution in [3.05, 3.63) is 34.3 Å². The lowest BCUT2D eigenvalue weighted by Crippen LogP contribution is -2.38. The average molecular weight is 364 g/mol. The molecule has 1 heterocycles. The highest BCUT2D eigenvalue weighted by Gasteiger charge is 2.43. The molecule has 0 aromatic heterocycles. The van der Waals surface area contributed by atoms with Crippen LogP contribution < -0.4 is 0 Å². The number of benzene rings is 1. The summed E-state index contributed by atoms with van der Waals surface area (Å²) in [6.45, 7) is 0.694.